The van der Waals surface area contributed by atoms with Crippen LogP contribution in [0.5, 0.6) is 0 Å². The molecule has 0 saturated carbocycles. The summed E-state index contributed by atoms with van der Waals surface area (Å²) in [7, 11) is 0. The van der Waals surface area contributed by atoms with E-state index < -0.39 is 129 Å². The van der Waals surface area contributed by atoms with Gasteiger partial charge >= 0.3 is 5.97 Å². The first-order valence-corrected chi connectivity index (χ1v) is 6.57. The van der Waals surface area contributed by atoms with Gasteiger partial charge < -0.3 is 9.51 Å². The molecule has 2 aromatic rings. The lowest BCUT2D eigenvalue weighted by molar-refractivity contribution is -0.159. The van der Waals surface area contributed by atoms with Gasteiger partial charge in [-0.15, -0.1) is 0 Å². The van der Waals surface area contributed by atoms with Gasteiger partial charge in [-0.2, -0.15) is 0 Å². The van der Waals surface area contributed by atoms with Crippen LogP contribution in [-0.4, -0.2) is 42.9 Å². The van der Waals surface area contributed by atoms with Gasteiger partial charge in [-0.25, -0.2) is 4.98 Å². The standard InChI is InChI=1S/C20H29N3O2/c1-14-10-17-21-16(13-22(17)12-15(14)2)11-20(18(24)25)8-6-7-9-23(20)19(3,4)5/h10,12-13H,6-9,11H2,1-5H3,(H,24,25)/t20-/m0/s1/i1D3,2D3,3D,4D3,5D3,6D2,7D2,8D2,9D2,10D,11D2,12D,13D. The molecule has 5 heteroatoms. The Bertz CT molecular complexity index is 1730. The number of nitrogens with zero attached hydrogens (tertiary/aromatic N) is 3. The Balaban J connectivity index is 2.87. The summed E-state index contributed by atoms with van der Waals surface area (Å²) < 4.78 is 216. The number of carboxylic acid groups (broad SMARTS) is 1. The monoisotopic (exact) mass is 369 g/mol. The minimum atomic E-state index is -5.03. The molecule has 0 aromatic carbocycles. The summed E-state index contributed by atoms with van der Waals surface area (Å²) >= 11 is 0. The molecule has 5 nitrogen and oxygen atoms in total. The van der Waals surface area contributed by atoms with E-state index in [1.807, 2.05) is 0 Å². The van der Waals surface area contributed by atoms with Crippen molar-refractivity contribution in [2.24, 2.45) is 0 Å². The highest BCUT2D eigenvalue weighted by molar-refractivity contribution is 5.79. The third kappa shape index (κ3) is 3.17. The van der Waals surface area contributed by atoms with E-state index in [0.717, 1.165) is 0 Å². The Morgan fingerprint density at radius 1 is 1.48 bits per heavy atom. The minimum absolute atomic E-state index is 0.0124. The van der Waals surface area contributed by atoms with Crippen molar-refractivity contribution in [1.29, 1.82) is 0 Å². The second kappa shape index (κ2) is 6.13. The van der Waals surface area contributed by atoms with Crippen LogP contribution in [0.1, 0.15) is 92.2 Å². The van der Waals surface area contributed by atoms with Gasteiger partial charge in [0.1, 0.15) is 11.2 Å². The second-order valence-corrected chi connectivity index (χ2v) is 5.04. The number of fused-ring (bicyclic) bond motifs is 1. The molecule has 25 heavy (non-hydrogen) atoms. The smallest absolute Gasteiger partial charge is 0.324 e. The van der Waals surface area contributed by atoms with Gasteiger partial charge in [0.2, 0.25) is 0 Å². The highest BCUT2D eigenvalue weighted by Gasteiger charge is 2.50. The Hall–Kier alpha value is -1.88. The van der Waals surface area contributed by atoms with Gasteiger partial charge in [0, 0.05) is 55.8 Å². The fraction of sp³-hybridized carbons (Fsp3) is 0.600. The predicted molar refractivity (Wildman–Crippen MR) is 99.0 cm³/mol. The number of pyridine rings is 1. The molecule has 0 bridgehead atoms. The van der Waals surface area contributed by atoms with Crippen LogP contribution in [0.2, 0.25) is 0 Å². The number of aliphatic carboxylic acids is 1. The van der Waals surface area contributed by atoms with E-state index in [2.05, 4.69) is 4.98 Å². The molecule has 136 valence electrons. The van der Waals surface area contributed by atoms with Crippen molar-refractivity contribution in [3.63, 3.8) is 0 Å². The Labute approximate surface area is 186 Å². The maximum Gasteiger partial charge on any atom is 0.324 e. The highest BCUT2D eigenvalue weighted by Crippen LogP contribution is 2.37. The van der Waals surface area contributed by atoms with Gasteiger partial charge in [0.15, 0.2) is 0 Å². The fourth-order valence-corrected chi connectivity index (χ4v) is 2.09. The van der Waals surface area contributed by atoms with E-state index >= 15 is 0 Å². The predicted octanol–water partition coefficient (Wildman–Crippen LogP) is 3.60. The summed E-state index contributed by atoms with van der Waals surface area (Å²) in [6.07, 6.45) is -21.7. The van der Waals surface area contributed by atoms with Crippen molar-refractivity contribution in [2.45, 2.75) is 70.9 Å². The molecule has 0 radical (unpaired) electrons. The third-order valence-electron chi connectivity index (χ3n) is 3.16. The molecule has 0 aliphatic carbocycles. The Morgan fingerprint density at radius 2 is 2.32 bits per heavy atom. The first-order chi connectivity index (χ1) is 22.2. The number of aromatic nitrogens is 2. The van der Waals surface area contributed by atoms with Crippen molar-refractivity contribution in [3.05, 3.63) is 35.2 Å². The van der Waals surface area contributed by atoms with Crippen LogP contribution >= 0.6 is 0 Å². The van der Waals surface area contributed by atoms with Gasteiger partial charge in [0.25, 0.3) is 0 Å². The first kappa shape index (κ1) is 4.33. The minimum Gasteiger partial charge on any atom is -0.480 e. The summed E-state index contributed by atoms with van der Waals surface area (Å²) in [6, 6.07) is -1.41. The van der Waals surface area contributed by atoms with Crippen molar-refractivity contribution in [3.8, 4) is 0 Å². The largest absolute Gasteiger partial charge is 0.480 e. The molecule has 1 atom stereocenters. The zero-order valence-electron chi connectivity index (χ0n) is 38.4. The van der Waals surface area contributed by atoms with Crippen molar-refractivity contribution in [2.75, 3.05) is 6.50 Å². The van der Waals surface area contributed by atoms with E-state index in [0.29, 0.717) is 0 Å². The average molecular weight is 370 g/mol. The van der Waals surface area contributed by atoms with Gasteiger partial charge in [-0.1, -0.05) is 0 Å². The lowest BCUT2D eigenvalue weighted by Gasteiger charge is -2.50. The van der Waals surface area contributed by atoms with E-state index in [-0.39, 0.29) is 4.40 Å². The van der Waals surface area contributed by atoms with Crippen LogP contribution < -0.4 is 0 Å². The average Bonchev–Trinajstić information content (AvgIpc) is 3.24. The number of carbonyl (C=O) groups is 1. The first-order valence-electron chi connectivity index (χ1n) is 19.8. The zero-order valence-corrected chi connectivity index (χ0v) is 12.4. The van der Waals surface area contributed by atoms with Crippen LogP contribution in [-0.2, 0) is 11.2 Å². The summed E-state index contributed by atoms with van der Waals surface area (Å²) in [4.78, 5) is 16.1. The molecule has 2 aromatic heterocycles. The van der Waals surface area contributed by atoms with Gasteiger partial charge in [0.05, 0.1) is 9.81 Å². The maximum atomic E-state index is 13.6. The zero-order chi connectivity index (χ0) is 40.7. The number of carboxylic acids is 1. The number of piperidine rings is 1. The molecule has 1 aliphatic heterocycles. The molecular weight excluding hydrogens is 314 g/mol. The molecule has 3 rings (SSSR count). The molecule has 3 heterocycles. The number of hydrogen-bond donors (Lipinski definition) is 1. The molecule has 1 fully saturated rings. The summed E-state index contributed by atoms with van der Waals surface area (Å²) in [5.41, 5.74) is -15.3. The molecule has 1 N–H and O–H groups in total. The highest BCUT2D eigenvalue weighted by atomic mass is 16.4. The normalized spacial score (nSPS) is 48.3. The number of likely N-dealkylation sites (tertiary alicyclic amines) is 1. The third-order valence-corrected chi connectivity index (χ3v) is 3.16. The van der Waals surface area contributed by atoms with Crippen molar-refractivity contribution >= 4 is 11.6 Å². The SMILES string of the molecule is [2H]CC(N1C([2H])([2H])C([2H])([2H])C([2H])([2H])C([2H])([2H])[C@@]1(C(=O)O)C([2H])([2H])c1nc2c([2H])c(C([2H])([2H])[2H])c(C([2H])([2H])[2H])c([2H])n2c1[2H])(C([2H])([2H])[2H])C([2H])([2H])[2H]. The number of imidazole rings is 1. The molecule has 0 spiro atoms. The van der Waals surface area contributed by atoms with Crippen molar-refractivity contribution < 1.29 is 45.5 Å². The Morgan fingerprint density at radius 3 is 3.00 bits per heavy atom. The lowest BCUT2D eigenvalue weighted by Crippen LogP contribution is -2.64. The van der Waals surface area contributed by atoms with Crippen molar-refractivity contribution in [1.82, 2.24) is 14.3 Å². The van der Waals surface area contributed by atoms with E-state index in [1.165, 1.54) is 0 Å². The van der Waals surface area contributed by atoms with Crippen LogP contribution in [0, 0.1) is 13.7 Å². The maximum absolute atomic E-state index is 13.6. The summed E-state index contributed by atoms with van der Waals surface area (Å²) in [5, 5.41) is 10.9. The second-order valence-electron chi connectivity index (χ2n) is 5.04. The molecule has 0 unspecified atom stereocenters. The van der Waals surface area contributed by atoms with Crippen LogP contribution in [0.3, 0.4) is 0 Å². The molecule has 1 aliphatic rings. The van der Waals surface area contributed by atoms with Crippen LogP contribution in [0.25, 0.3) is 5.65 Å². The van der Waals surface area contributed by atoms with E-state index in [1.54, 1.807) is 0 Å². The molecule has 1 saturated heterocycles. The van der Waals surface area contributed by atoms with E-state index in [9.17, 15) is 9.90 Å². The topological polar surface area (TPSA) is 57.8 Å². The molecular formula is C20H29N3O2. The quantitative estimate of drug-likeness (QED) is 0.898. The summed E-state index contributed by atoms with van der Waals surface area (Å²) in [6.45, 7) is -22.7. The number of hydrogen-bond acceptors (Lipinski definition) is 3. The number of rotatable bonds is 3. The van der Waals surface area contributed by atoms with Crippen LogP contribution in [0.4, 0.5) is 0 Å². The Kier molecular flexibility index (Phi) is 1.06. The lowest BCUT2D eigenvalue weighted by atomic mass is 9.79. The van der Waals surface area contributed by atoms with Crippen LogP contribution in [0.15, 0.2) is 18.4 Å². The van der Waals surface area contributed by atoms with Gasteiger partial charge in [-0.05, 0) is 77.1 Å². The molecule has 0 amide bonds. The summed E-state index contributed by atoms with van der Waals surface area (Å²) in [5.74, 6) is -3.10. The van der Waals surface area contributed by atoms with E-state index in [4.69, 9.17) is 35.6 Å². The van der Waals surface area contributed by atoms with Gasteiger partial charge in [-0.3, -0.25) is 9.69 Å². The fourth-order valence-electron chi connectivity index (χ4n) is 2.09.